The molecular formula is C19H15ClN4O3S. The molecule has 7 nitrogen and oxygen atoms in total. The summed E-state index contributed by atoms with van der Waals surface area (Å²) in [4.78, 5) is 35.1. The second-order valence-corrected chi connectivity index (χ2v) is 7.51. The number of ether oxygens (including phenoxy) is 1. The maximum absolute atomic E-state index is 13.0. The molecule has 3 aromatic heterocycles. The lowest BCUT2D eigenvalue weighted by Crippen LogP contribution is -2.29. The number of carbonyl (C=O) groups excluding carboxylic acids is 1. The average Bonchev–Trinajstić information content (AvgIpc) is 3.04. The molecule has 0 aliphatic rings. The van der Waals surface area contributed by atoms with Gasteiger partial charge in [-0.25, -0.2) is 9.97 Å². The molecule has 142 valence electrons. The summed E-state index contributed by atoms with van der Waals surface area (Å²) in [6.07, 6.45) is 1.68. The fourth-order valence-electron chi connectivity index (χ4n) is 2.96. The number of pyridine rings is 1. The first-order chi connectivity index (χ1) is 13.5. The van der Waals surface area contributed by atoms with Crippen LogP contribution in [0, 0.1) is 6.92 Å². The van der Waals surface area contributed by atoms with Crippen molar-refractivity contribution in [1.29, 1.82) is 0 Å². The molecule has 9 heteroatoms. The number of benzene rings is 1. The van der Waals surface area contributed by atoms with Gasteiger partial charge in [-0.3, -0.25) is 14.2 Å². The first kappa shape index (κ1) is 18.4. The highest BCUT2D eigenvalue weighted by Gasteiger charge is 2.17. The van der Waals surface area contributed by atoms with Crippen LogP contribution in [0.5, 0.6) is 5.75 Å². The van der Waals surface area contributed by atoms with E-state index in [1.165, 1.54) is 23.0 Å². The number of hydrogen-bond acceptors (Lipinski definition) is 6. The standard InChI is InChI=1S/C19H15ClN4O3S/c1-10-22-16-12-4-3-7-21-18(12)28-17(16)19(26)24(10)9-15(25)23-13-8-11(20)5-6-14(13)27-2/h3-8H,9H2,1-2H3,(H,23,25). The van der Waals surface area contributed by atoms with E-state index >= 15 is 0 Å². The molecule has 0 radical (unpaired) electrons. The van der Waals surface area contributed by atoms with Crippen molar-refractivity contribution in [3.8, 4) is 5.75 Å². The van der Waals surface area contributed by atoms with Crippen molar-refractivity contribution in [2.45, 2.75) is 13.5 Å². The molecule has 0 bridgehead atoms. The molecule has 0 atom stereocenters. The van der Waals surface area contributed by atoms with Crippen LogP contribution in [0.1, 0.15) is 5.82 Å². The quantitative estimate of drug-likeness (QED) is 0.551. The fraction of sp³-hybridized carbons (Fsp3) is 0.158. The maximum Gasteiger partial charge on any atom is 0.272 e. The molecule has 0 fully saturated rings. The molecule has 1 aromatic carbocycles. The van der Waals surface area contributed by atoms with E-state index in [0.717, 1.165) is 10.2 Å². The van der Waals surface area contributed by atoms with Crippen molar-refractivity contribution < 1.29 is 9.53 Å². The van der Waals surface area contributed by atoms with Gasteiger partial charge in [-0.05, 0) is 37.3 Å². The van der Waals surface area contributed by atoms with Gasteiger partial charge in [0.2, 0.25) is 5.91 Å². The third-order valence-corrected chi connectivity index (χ3v) is 5.61. The summed E-state index contributed by atoms with van der Waals surface area (Å²) in [5, 5.41) is 4.03. The number of nitrogens with one attached hydrogen (secondary N) is 1. The van der Waals surface area contributed by atoms with Gasteiger partial charge in [0.05, 0.1) is 18.3 Å². The van der Waals surface area contributed by atoms with E-state index in [4.69, 9.17) is 16.3 Å². The largest absolute Gasteiger partial charge is 0.495 e. The average molecular weight is 415 g/mol. The lowest BCUT2D eigenvalue weighted by molar-refractivity contribution is -0.116. The number of amides is 1. The molecule has 1 amide bonds. The van der Waals surface area contributed by atoms with Crippen LogP contribution in [0.25, 0.3) is 20.4 Å². The minimum Gasteiger partial charge on any atom is -0.495 e. The lowest BCUT2D eigenvalue weighted by Gasteiger charge is -2.12. The topological polar surface area (TPSA) is 86.1 Å². The van der Waals surface area contributed by atoms with E-state index in [0.29, 0.717) is 32.5 Å². The fourth-order valence-corrected chi connectivity index (χ4v) is 4.17. The normalized spacial score (nSPS) is 11.1. The zero-order valence-corrected chi connectivity index (χ0v) is 16.6. The van der Waals surface area contributed by atoms with E-state index in [1.807, 2.05) is 12.1 Å². The minimum absolute atomic E-state index is 0.176. The van der Waals surface area contributed by atoms with Crippen LogP contribution in [-0.4, -0.2) is 27.6 Å². The Morgan fingerprint density at radius 3 is 2.96 bits per heavy atom. The molecule has 0 unspecified atom stereocenters. The van der Waals surface area contributed by atoms with Crippen molar-refractivity contribution in [2.75, 3.05) is 12.4 Å². The van der Waals surface area contributed by atoms with Crippen LogP contribution in [0.4, 0.5) is 5.69 Å². The van der Waals surface area contributed by atoms with Crippen molar-refractivity contribution >= 4 is 55.0 Å². The Morgan fingerprint density at radius 1 is 1.36 bits per heavy atom. The summed E-state index contributed by atoms with van der Waals surface area (Å²) in [6, 6.07) is 8.61. The SMILES string of the molecule is COc1ccc(Cl)cc1NC(=O)Cn1c(C)nc2c(sc3ncccc32)c1=O. The Bertz CT molecular complexity index is 1280. The number of methoxy groups -OCH3 is 1. The molecule has 0 saturated carbocycles. The number of aromatic nitrogens is 3. The molecule has 4 aromatic rings. The Balaban J connectivity index is 1.70. The predicted molar refractivity (Wildman–Crippen MR) is 111 cm³/mol. The summed E-state index contributed by atoms with van der Waals surface area (Å²) in [6.45, 7) is 1.53. The number of carbonyl (C=O) groups is 1. The van der Waals surface area contributed by atoms with E-state index in [1.54, 1.807) is 31.3 Å². The van der Waals surface area contributed by atoms with Gasteiger partial charge >= 0.3 is 0 Å². The molecule has 0 saturated heterocycles. The predicted octanol–water partition coefficient (Wildman–Crippen LogP) is 3.62. The first-order valence-electron chi connectivity index (χ1n) is 8.36. The Hall–Kier alpha value is -2.97. The zero-order chi connectivity index (χ0) is 19.8. The third-order valence-electron chi connectivity index (χ3n) is 4.28. The van der Waals surface area contributed by atoms with E-state index in [9.17, 15) is 9.59 Å². The van der Waals surface area contributed by atoms with Crippen molar-refractivity contribution in [2.24, 2.45) is 0 Å². The van der Waals surface area contributed by atoms with Gasteiger partial charge in [-0.1, -0.05) is 11.6 Å². The molecule has 0 aliphatic heterocycles. The lowest BCUT2D eigenvalue weighted by atomic mass is 10.3. The van der Waals surface area contributed by atoms with Crippen LogP contribution < -0.4 is 15.6 Å². The summed E-state index contributed by atoms with van der Waals surface area (Å²) >= 11 is 7.27. The zero-order valence-electron chi connectivity index (χ0n) is 15.0. The Morgan fingerprint density at radius 2 is 2.18 bits per heavy atom. The van der Waals surface area contributed by atoms with Gasteiger partial charge < -0.3 is 10.1 Å². The first-order valence-corrected chi connectivity index (χ1v) is 9.55. The molecule has 28 heavy (non-hydrogen) atoms. The van der Waals surface area contributed by atoms with Crippen LogP contribution in [0.15, 0.2) is 41.3 Å². The van der Waals surface area contributed by atoms with E-state index in [2.05, 4.69) is 15.3 Å². The second-order valence-electron chi connectivity index (χ2n) is 6.08. The minimum atomic E-state index is -0.383. The number of rotatable bonds is 4. The number of fused-ring (bicyclic) bond motifs is 3. The van der Waals surface area contributed by atoms with Crippen molar-refractivity contribution in [1.82, 2.24) is 14.5 Å². The molecular weight excluding hydrogens is 400 g/mol. The van der Waals surface area contributed by atoms with E-state index in [-0.39, 0.29) is 18.0 Å². The van der Waals surface area contributed by atoms with Gasteiger partial charge in [0.15, 0.2) is 0 Å². The second kappa shape index (κ2) is 7.21. The van der Waals surface area contributed by atoms with Crippen LogP contribution in [0.3, 0.4) is 0 Å². The van der Waals surface area contributed by atoms with Crippen molar-refractivity contribution in [3.63, 3.8) is 0 Å². The number of thiophene rings is 1. The summed E-state index contributed by atoms with van der Waals surface area (Å²) in [7, 11) is 1.50. The van der Waals surface area contributed by atoms with Crippen LogP contribution >= 0.6 is 22.9 Å². The summed E-state index contributed by atoms with van der Waals surface area (Å²) < 4.78 is 7.06. The van der Waals surface area contributed by atoms with Gasteiger partial charge in [-0.2, -0.15) is 0 Å². The third kappa shape index (κ3) is 3.21. The Kier molecular flexibility index (Phi) is 4.74. The van der Waals surface area contributed by atoms with Gasteiger partial charge in [-0.15, -0.1) is 11.3 Å². The highest BCUT2D eigenvalue weighted by atomic mass is 35.5. The van der Waals surface area contributed by atoms with E-state index < -0.39 is 0 Å². The molecule has 0 aliphatic carbocycles. The molecule has 3 heterocycles. The van der Waals surface area contributed by atoms with Gasteiger partial charge in [0.25, 0.3) is 5.56 Å². The highest BCUT2D eigenvalue weighted by molar-refractivity contribution is 7.25. The Labute approximate surface area is 168 Å². The van der Waals surface area contributed by atoms with Crippen molar-refractivity contribution in [3.05, 3.63) is 57.7 Å². The van der Waals surface area contributed by atoms with Gasteiger partial charge in [0.1, 0.15) is 27.6 Å². The number of nitrogens with zero attached hydrogens (tertiary/aromatic N) is 3. The molecule has 1 N–H and O–H groups in total. The number of halogens is 1. The number of hydrogen-bond donors (Lipinski definition) is 1. The maximum atomic E-state index is 13.0. The summed E-state index contributed by atoms with van der Waals surface area (Å²) in [5.41, 5.74) is 0.785. The van der Waals surface area contributed by atoms with Crippen LogP contribution in [0.2, 0.25) is 5.02 Å². The molecule has 4 rings (SSSR count). The van der Waals surface area contributed by atoms with Gasteiger partial charge in [0, 0.05) is 16.6 Å². The number of aryl methyl sites for hydroxylation is 1. The highest BCUT2D eigenvalue weighted by Crippen LogP contribution is 2.29. The summed E-state index contributed by atoms with van der Waals surface area (Å²) in [5.74, 6) is 0.548. The smallest absolute Gasteiger partial charge is 0.272 e. The number of anilines is 1. The molecule has 0 spiro atoms. The monoisotopic (exact) mass is 414 g/mol. The van der Waals surface area contributed by atoms with Crippen LogP contribution in [-0.2, 0) is 11.3 Å².